The fourth-order valence-electron chi connectivity index (χ4n) is 19.9. The van der Waals surface area contributed by atoms with Crippen LogP contribution in [0, 0.1) is 75.9 Å². The number of allylic oxidation sites excluding steroid dienone is 18. The number of para-hydroxylation sites is 1. The van der Waals surface area contributed by atoms with Gasteiger partial charge in [-0.1, -0.05) is 149 Å². The Labute approximate surface area is 479 Å². The highest BCUT2D eigenvalue weighted by Crippen LogP contribution is 2.70. The van der Waals surface area contributed by atoms with Gasteiger partial charge in [-0.05, 0) is 235 Å². The standard InChI is InChI=1S/C76H100N2O/c1-7-52-26-38-60(39-27-52)77-73-25-17-14-22-67(73)68-49-56(31-47-74(68)77)55-30-46-71(51(3)48-55)78(72-24-16-13-20-64(72)54-18-10-9-11-19-54)61-40-45-66-65-21-12-15-23-69(65)76(70(66)50-61,58-34-32-57(33-35-58)75(4,5)6)59-36-43-63(44-37-59)79-62-41-28-53(8-2)29-42-62/h7-10,13-18,20,23-25,30,32,34,36,40,45,49,51-53,57-58,60-63,65-71,74H,1-2,11-12,19,21-22,26-29,31,33,35,37-39,41-44,46-48,50H2,3-6H3. The zero-order chi connectivity index (χ0) is 53.8. The molecule has 0 aromatic heterocycles. The second-order valence-corrected chi connectivity index (χ2v) is 28.8. The molecule has 13 rings (SSSR count). The molecule has 14 atom stereocenters. The predicted octanol–water partition coefficient (Wildman–Crippen LogP) is 19.2. The molecule has 1 saturated heterocycles. The third kappa shape index (κ3) is 10.1. The second-order valence-electron chi connectivity index (χ2n) is 28.8. The summed E-state index contributed by atoms with van der Waals surface area (Å²) in [6, 6.07) is 11.8. The first-order valence-corrected chi connectivity index (χ1v) is 33.0. The number of fused-ring (bicyclic) bond motifs is 6. The molecule has 4 fully saturated rings. The van der Waals surface area contributed by atoms with Crippen molar-refractivity contribution in [2.24, 2.45) is 75.9 Å². The summed E-state index contributed by atoms with van der Waals surface area (Å²) in [6.45, 7) is 18.4. The van der Waals surface area contributed by atoms with E-state index in [0.29, 0.717) is 101 Å². The van der Waals surface area contributed by atoms with E-state index in [1.54, 1.807) is 16.8 Å². The van der Waals surface area contributed by atoms with E-state index >= 15 is 0 Å². The molecule has 0 amide bonds. The summed E-state index contributed by atoms with van der Waals surface area (Å²) in [7, 11) is 0. The number of rotatable bonds is 12. The highest BCUT2D eigenvalue weighted by atomic mass is 16.5. The van der Waals surface area contributed by atoms with Crippen LogP contribution in [0.15, 0.2) is 163 Å². The largest absolute Gasteiger partial charge is 0.375 e. The van der Waals surface area contributed by atoms with E-state index < -0.39 is 0 Å². The summed E-state index contributed by atoms with van der Waals surface area (Å²) in [4.78, 5) is 6.06. The van der Waals surface area contributed by atoms with Crippen LogP contribution in [0.25, 0.3) is 5.57 Å². The van der Waals surface area contributed by atoms with E-state index in [2.05, 4.69) is 178 Å². The highest BCUT2D eigenvalue weighted by molar-refractivity contribution is 5.79. The molecule has 1 aromatic carbocycles. The minimum absolute atomic E-state index is 0.115. The Morgan fingerprint density at radius 2 is 1.49 bits per heavy atom. The lowest BCUT2D eigenvalue weighted by molar-refractivity contribution is -0.0401. The molecule has 0 N–H and O–H groups in total. The number of nitrogens with zero attached hydrogens (tertiary/aromatic N) is 2. The first kappa shape index (κ1) is 53.9. The minimum Gasteiger partial charge on any atom is -0.375 e. The van der Waals surface area contributed by atoms with Gasteiger partial charge in [0.15, 0.2) is 0 Å². The lowest BCUT2D eigenvalue weighted by Gasteiger charge is -2.53. The normalized spacial score (nSPS) is 40.7. The quantitative estimate of drug-likeness (QED) is 0.194. The highest BCUT2D eigenvalue weighted by Gasteiger charge is 2.64. The molecule has 14 unspecified atom stereocenters. The molecule has 420 valence electrons. The van der Waals surface area contributed by atoms with Gasteiger partial charge in [-0.2, -0.15) is 0 Å². The van der Waals surface area contributed by atoms with Crippen LogP contribution >= 0.6 is 0 Å². The van der Waals surface area contributed by atoms with E-state index in [9.17, 15) is 0 Å². The van der Waals surface area contributed by atoms with Gasteiger partial charge in [0.25, 0.3) is 0 Å². The third-order valence-electron chi connectivity index (χ3n) is 23.9. The first-order chi connectivity index (χ1) is 38.6. The van der Waals surface area contributed by atoms with Crippen LogP contribution in [0.1, 0.15) is 181 Å². The van der Waals surface area contributed by atoms with Crippen molar-refractivity contribution in [1.82, 2.24) is 4.90 Å². The zero-order valence-corrected chi connectivity index (χ0v) is 49.4. The number of ether oxygens (including phenoxy) is 1. The molecular weight excluding hydrogens is 957 g/mol. The number of benzene rings is 1. The molecule has 12 aliphatic rings. The molecule has 79 heavy (non-hydrogen) atoms. The van der Waals surface area contributed by atoms with Gasteiger partial charge in [-0.25, -0.2) is 0 Å². The smallest absolute Gasteiger partial charge is 0.0616 e. The van der Waals surface area contributed by atoms with Crippen LogP contribution in [0.3, 0.4) is 0 Å². The molecular formula is C76H100N2O. The zero-order valence-electron chi connectivity index (χ0n) is 49.4. The monoisotopic (exact) mass is 1060 g/mol. The average molecular weight is 1060 g/mol. The van der Waals surface area contributed by atoms with Crippen LogP contribution in [0.4, 0.5) is 5.69 Å². The van der Waals surface area contributed by atoms with E-state index in [1.165, 1.54) is 139 Å². The van der Waals surface area contributed by atoms with Gasteiger partial charge >= 0.3 is 0 Å². The van der Waals surface area contributed by atoms with Crippen molar-refractivity contribution in [1.29, 1.82) is 0 Å². The first-order valence-electron chi connectivity index (χ1n) is 33.0. The number of likely N-dealkylation sites (tertiary alicyclic amines) is 1. The van der Waals surface area contributed by atoms with Gasteiger partial charge in [-0.3, -0.25) is 0 Å². The Kier molecular flexibility index (Phi) is 15.6. The van der Waals surface area contributed by atoms with Crippen molar-refractivity contribution < 1.29 is 4.74 Å². The topological polar surface area (TPSA) is 15.7 Å². The van der Waals surface area contributed by atoms with Crippen molar-refractivity contribution >= 4 is 11.3 Å². The SMILES string of the molecule is C=CC1CCC(OC2CC=C(C3(C4C=CC(C(C)(C)C)CC4)C4C=CCCC4C4C=CC(N(c5ccccc5C5=CC=CCC5)C5CC=C(C6=CC7C8CC=CC=C8N(C8CCC(C=C)CC8)C7CC6)CC5C)CC43)CC2)CC1. The van der Waals surface area contributed by atoms with E-state index in [1.807, 2.05) is 5.57 Å². The van der Waals surface area contributed by atoms with Crippen LogP contribution in [-0.2, 0) is 4.74 Å². The Bertz CT molecular complexity index is 2730. The van der Waals surface area contributed by atoms with E-state index in [0.717, 1.165) is 25.7 Å². The Morgan fingerprint density at radius 3 is 2.23 bits per heavy atom. The van der Waals surface area contributed by atoms with Crippen LogP contribution in [0.2, 0.25) is 0 Å². The third-order valence-corrected chi connectivity index (χ3v) is 23.9. The summed E-state index contributed by atoms with van der Waals surface area (Å²) >= 11 is 0. The molecule has 1 aromatic rings. The molecule has 0 bridgehead atoms. The number of hydrogen-bond acceptors (Lipinski definition) is 3. The molecule has 0 radical (unpaired) electrons. The van der Waals surface area contributed by atoms with Crippen molar-refractivity contribution in [3.8, 4) is 0 Å². The van der Waals surface area contributed by atoms with Crippen molar-refractivity contribution in [2.75, 3.05) is 4.90 Å². The summed E-state index contributed by atoms with van der Waals surface area (Å²) in [5.74, 6) is 6.83. The van der Waals surface area contributed by atoms with E-state index in [4.69, 9.17) is 4.74 Å². The van der Waals surface area contributed by atoms with Gasteiger partial charge in [0.1, 0.15) is 0 Å². The molecule has 3 nitrogen and oxygen atoms in total. The summed E-state index contributed by atoms with van der Waals surface area (Å²) in [6.07, 6.45) is 72.9. The average Bonchev–Trinajstić information content (AvgIpc) is 3.01. The Hall–Kier alpha value is -4.34. The molecule has 0 spiro atoms. The predicted molar refractivity (Wildman–Crippen MR) is 333 cm³/mol. The Morgan fingerprint density at radius 1 is 0.684 bits per heavy atom. The van der Waals surface area contributed by atoms with Gasteiger partial charge in [0.2, 0.25) is 0 Å². The van der Waals surface area contributed by atoms with Crippen LogP contribution in [0.5, 0.6) is 0 Å². The van der Waals surface area contributed by atoms with Gasteiger partial charge < -0.3 is 14.5 Å². The summed E-state index contributed by atoms with van der Waals surface area (Å²) in [5, 5.41) is 0. The van der Waals surface area contributed by atoms with Gasteiger partial charge in [0.05, 0.1) is 12.2 Å². The minimum atomic E-state index is 0.115. The van der Waals surface area contributed by atoms with Crippen molar-refractivity contribution in [2.45, 2.75) is 212 Å². The molecule has 3 heteroatoms. The number of anilines is 1. The second kappa shape index (κ2) is 22.8. The maximum atomic E-state index is 7.08. The summed E-state index contributed by atoms with van der Waals surface area (Å²) < 4.78 is 7.08. The van der Waals surface area contributed by atoms with E-state index in [-0.39, 0.29) is 10.8 Å². The maximum Gasteiger partial charge on any atom is 0.0616 e. The fourth-order valence-corrected chi connectivity index (χ4v) is 19.9. The fraction of sp³-hybridized carbons (Fsp3) is 0.605. The van der Waals surface area contributed by atoms with Crippen molar-refractivity contribution in [3.05, 3.63) is 169 Å². The molecule has 1 aliphatic heterocycles. The van der Waals surface area contributed by atoms with Crippen molar-refractivity contribution in [3.63, 3.8) is 0 Å². The molecule has 1 heterocycles. The maximum absolute atomic E-state index is 7.08. The Balaban J connectivity index is 0.845. The number of hydrogen-bond donors (Lipinski definition) is 0. The van der Waals surface area contributed by atoms with Crippen LogP contribution < -0.4 is 4.90 Å². The molecule has 3 saturated carbocycles. The van der Waals surface area contributed by atoms with Gasteiger partial charge in [-0.15, -0.1) is 13.2 Å². The summed E-state index contributed by atoms with van der Waals surface area (Å²) in [5.41, 5.74) is 11.7. The van der Waals surface area contributed by atoms with Crippen LogP contribution in [-0.4, -0.2) is 41.3 Å². The van der Waals surface area contributed by atoms with Gasteiger partial charge in [0, 0.05) is 58.4 Å². The lowest BCUT2D eigenvalue weighted by Crippen LogP contribution is -2.52. The molecule has 11 aliphatic carbocycles. The lowest BCUT2D eigenvalue weighted by atomic mass is 9.52.